The first-order valence-corrected chi connectivity index (χ1v) is 11.9. The molecule has 0 aliphatic heterocycles. The van der Waals surface area contributed by atoms with Crippen molar-refractivity contribution < 1.29 is 33.9 Å². The molecule has 0 bridgehead atoms. The second-order valence-corrected chi connectivity index (χ2v) is 8.77. The molecular formula is C24H32N8O7. The summed E-state index contributed by atoms with van der Waals surface area (Å²) in [5, 5.41) is 16.8. The molecule has 0 saturated carbocycles. The van der Waals surface area contributed by atoms with Crippen LogP contribution >= 0.6 is 0 Å². The Morgan fingerprint density at radius 1 is 0.846 bits per heavy atom. The van der Waals surface area contributed by atoms with Gasteiger partial charge in [0.25, 0.3) is 0 Å². The summed E-state index contributed by atoms with van der Waals surface area (Å²) in [5.74, 6) is -5.38. The second kappa shape index (κ2) is 14.8. The minimum absolute atomic E-state index is 0.0104. The smallest absolute Gasteiger partial charge is 0.326 e. The van der Waals surface area contributed by atoms with Gasteiger partial charge < -0.3 is 43.2 Å². The van der Waals surface area contributed by atoms with Gasteiger partial charge in [0.2, 0.25) is 29.5 Å². The van der Waals surface area contributed by atoms with Gasteiger partial charge in [0.1, 0.15) is 18.1 Å². The Morgan fingerprint density at radius 2 is 1.44 bits per heavy atom. The lowest BCUT2D eigenvalue weighted by atomic mass is 10.0. The zero-order chi connectivity index (χ0) is 28.9. The molecule has 15 nitrogen and oxygen atoms in total. The fourth-order valence-electron chi connectivity index (χ4n) is 3.56. The molecule has 1 aromatic heterocycles. The summed E-state index contributed by atoms with van der Waals surface area (Å²) in [6.07, 6.45) is 1.69. The predicted molar refractivity (Wildman–Crippen MR) is 136 cm³/mol. The van der Waals surface area contributed by atoms with Crippen LogP contribution in [0.5, 0.6) is 0 Å². The van der Waals surface area contributed by atoms with E-state index in [1.54, 1.807) is 30.3 Å². The Balaban J connectivity index is 2.26. The van der Waals surface area contributed by atoms with Crippen LogP contribution in [0.15, 0.2) is 42.9 Å². The summed E-state index contributed by atoms with van der Waals surface area (Å²) in [6, 6.07) is 3.40. The number of aromatic amines is 1. The number of rotatable bonds is 16. The van der Waals surface area contributed by atoms with Crippen molar-refractivity contribution in [3.63, 3.8) is 0 Å². The van der Waals surface area contributed by atoms with Gasteiger partial charge in [-0.15, -0.1) is 0 Å². The van der Waals surface area contributed by atoms with Gasteiger partial charge >= 0.3 is 5.97 Å². The number of nitrogens with one attached hydrogen (secondary N) is 4. The zero-order valence-electron chi connectivity index (χ0n) is 21.0. The molecule has 4 unspecified atom stereocenters. The number of carboxylic acid groups (broad SMARTS) is 1. The molecule has 11 N–H and O–H groups in total. The third-order valence-corrected chi connectivity index (χ3v) is 5.58. The topological polar surface area (TPSA) is 265 Å². The van der Waals surface area contributed by atoms with Crippen LogP contribution in [0.25, 0.3) is 0 Å². The molecule has 0 aliphatic carbocycles. The minimum Gasteiger partial charge on any atom is -0.480 e. The highest BCUT2D eigenvalue weighted by Gasteiger charge is 2.31. The number of hydrogen-bond acceptors (Lipinski definition) is 8. The lowest BCUT2D eigenvalue weighted by Gasteiger charge is -2.25. The molecule has 39 heavy (non-hydrogen) atoms. The molecule has 0 aliphatic rings. The minimum atomic E-state index is -1.45. The molecule has 4 atom stereocenters. The average Bonchev–Trinajstić information content (AvgIpc) is 3.38. The normalized spacial score (nSPS) is 13.8. The number of primary amides is 2. The van der Waals surface area contributed by atoms with Crippen LogP contribution in [0, 0.1) is 0 Å². The van der Waals surface area contributed by atoms with E-state index in [-0.39, 0.29) is 25.7 Å². The Kier molecular flexibility index (Phi) is 11.6. The number of aliphatic carboxylic acids is 1. The van der Waals surface area contributed by atoms with Crippen LogP contribution in [0.4, 0.5) is 0 Å². The van der Waals surface area contributed by atoms with Crippen molar-refractivity contribution in [3.8, 4) is 0 Å². The molecule has 1 aromatic carbocycles. The largest absolute Gasteiger partial charge is 0.480 e. The highest BCUT2D eigenvalue weighted by molar-refractivity contribution is 5.95. The van der Waals surface area contributed by atoms with Crippen LogP contribution in [0.2, 0.25) is 0 Å². The first kappa shape index (κ1) is 30.4. The van der Waals surface area contributed by atoms with Gasteiger partial charge in [0, 0.05) is 31.2 Å². The van der Waals surface area contributed by atoms with Gasteiger partial charge in [-0.1, -0.05) is 30.3 Å². The van der Waals surface area contributed by atoms with E-state index < -0.39 is 66.1 Å². The monoisotopic (exact) mass is 544 g/mol. The summed E-state index contributed by atoms with van der Waals surface area (Å²) in [5.41, 5.74) is 17.0. The van der Waals surface area contributed by atoms with Crippen molar-refractivity contribution in [1.29, 1.82) is 0 Å². The highest BCUT2D eigenvalue weighted by atomic mass is 16.4. The maximum Gasteiger partial charge on any atom is 0.326 e. The van der Waals surface area contributed by atoms with E-state index in [1.165, 1.54) is 12.5 Å². The molecule has 2 rings (SSSR count). The van der Waals surface area contributed by atoms with Gasteiger partial charge in [-0.05, 0) is 12.0 Å². The zero-order valence-corrected chi connectivity index (χ0v) is 21.0. The maximum absolute atomic E-state index is 13.4. The molecule has 15 heteroatoms. The van der Waals surface area contributed by atoms with E-state index >= 15 is 0 Å². The van der Waals surface area contributed by atoms with Gasteiger partial charge in [0.15, 0.2) is 0 Å². The molecule has 0 radical (unpaired) electrons. The lowest BCUT2D eigenvalue weighted by Crippen LogP contribution is -2.58. The fraction of sp³-hybridized carbons (Fsp3) is 0.375. The van der Waals surface area contributed by atoms with Crippen LogP contribution < -0.4 is 33.2 Å². The van der Waals surface area contributed by atoms with E-state index in [2.05, 4.69) is 25.9 Å². The van der Waals surface area contributed by atoms with Crippen molar-refractivity contribution >= 4 is 35.5 Å². The number of carbonyl (C=O) groups is 6. The molecule has 210 valence electrons. The van der Waals surface area contributed by atoms with E-state index in [9.17, 15) is 33.9 Å². The van der Waals surface area contributed by atoms with E-state index in [0.717, 1.165) is 0 Å². The summed E-state index contributed by atoms with van der Waals surface area (Å²) in [7, 11) is 0. The Morgan fingerprint density at radius 3 is 1.97 bits per heavy atom. The van der Waals surface area contributed by atoms with Crippen LogP contribution in [0.1, 0.15) is 30.5 Å². The summed E-state index contributed by atoms with van der Waals surface area (Å²) in [6.45, 7) is 0. The van der Waals surface area contributed by atoms with E-state index in [1.807, 2.05) is 0 Å². The number of aromatic nitrogens is 2. The van der Waals surface area contributed by atoms with Gasteiger partial charge in [-0.25, -0.2) is 9.78 Å². The Bertz CT molecular complexity index is 1160. The number of H-pyrrole nitrogens is 1. The molecule has 0 saturated heterocycles. The van der Waals surface area contributed by atoms with E-state index in [4.69, 9.17) is 17.2 Å². The van der Waals surface area contributed by atoms with E-state index in [0.29, 0.717) is 11.3 Å². The summed E-state index contributed by atoms with van der Waals surface area (Å²) < 4.78 is 0. The van der Waals surface area contributed by atoms with Crippen molar-refractivity contribution in [2.45, 2.75) is 56.3 Å². The summed E-state index contributed by atoms with van der Waals surface area (Å²) >= 11 is 0. The molecule has 5 amide bonds. The third-order valence-electron chi connectivity index (χ3n) is 5.58. The average molecular weight is 545 g/mol. The molecular weight excluding hydrogens is 512 g/mol. The number of nitrogens with zero attached hydrogens (tertiary/aromatic N) is 1. The predicted octanol–water partition coefficient (Wildman–Crippen LogP) is -2.80. The Labute approximate surface area is 223 Å². The maximum atomic E-state index is 13.4. The molecule has 1 heterocycles. The number of carbonyl (C=O) groups excluding carboxylic acids is 5. The second-order valence-electron chi connectivity index (χ2n) is 8.77. The Hall–Kier alpha value is -4.79. The van der Waals surface area contributed by atoms with Crippen LogP contribution in [0.3, 0.4) is 0 Å². The first-order valence-electron chi connectivity index (χ1n) is 11.9. The highest BCUT2D eigenvalue weighted by Crippen LogP contribution is 2.07. The van der Waals surface area contributed by atoms with Crippen LogP contribution in [-0.2, 0) is 41.6 Å². The van der Waals surface area contributed by atoms with Gasteiger partial charge in [-0.2, -0.15) is 0 Å². The molecule has 2 aromatic rings. The SMILES string of the molecule is NC(=O)CCC(NC(=O)C(Cc1cnc[nH]1)NC(=O)C(Cc1ccccc1)NC(=O)C(N)CC(N)=O)C(=O)O. The fourth-order valence-corrected chi connectivity index (χ4v) is 3.56. The number of amides is 5. The third kappa shape index (κ3) is 10.6. The number of imidazole rings is 1. The molecule has 0 spiro atoms. The molecule has 0 fully saturated rings. The number of carboxylic acids is 1. The lowest BCUT2D eigenvalue weighted by molar-refractivity contribution is -0.142. The summed E-state index contributed by atoms with van der Waals surface area (Å²) in [4.78, 5) is 79.6. The van der Waals surface area contributed by atoms with Gasteiger partial charge in [0.05, 0.1) is 18.8 Å². The van der Waals surface area contributed by atoms with Gasteiger partial charge in [-0.3, -0.25) is 24.0 Å². The number of nitrogens with two attached hydrogens (primary N) is 3. The quantitative estimate of drug-likeness (QED) is 0.108. The standard InChI is InChI=1S/C24H32N8O7/c25-15(10-20(27)34)21(35)31-17(8-13-4-2-1-3-5-13)22(36)32-18(9-14-11-28-12-29-14)23(37)30-16(24(38)39)6-7-19(26)33/h1-5,11-12,15-18H,6-10,25H2,(H2,26,33)(H2,27,34)(H,28,29)(H,30,37)(H,31,35)(H,32,36)(H,38,39). The number of hydrogen-bond donors (Lipinski definition) is 8. The first-order chi connectivity index (χ1) is 18.5. The van der Waals surface area contributed by atoms with Crippen molar-refractivity contribution in [2.24, 2.45) is 17.2 Å². The van der Waals surface area contributed by atoms with Crippen LogP contribution in [-0.4, -0.2) is 74.7 Å². The van der Waals surface area contributed by atoms with Crippen molar-refractivity contribution in [1.82, 2.24) is 25.9 Å². The van der Waals surface area contributed by atoms with Crippen molar-refractivity contribution in [3.05, 3.63) is 54.1 Å². The number of benzene rings is 1. The van der Waals surface area contributed by atoms with Crippen molar-refractivity contribution in [2.75, 3.05) is 0 Å².